The first-order chi connectivity index (χ1) is 18.6. The molecular weight excluding hydrogens is 534 g/mol. The first-order valence-electron chi connectivity index (χ1n) is 12.0. The molecule has 0 radical (unpaired) electrons. The summed E-state index contributed by atoms with van der Waals surface area (Å²) in [6, 6.07) is 8.48. The van der Waals surface area contributed by atoms with Crippen LogP contribution in [0.15, 0.2) is 58.0 Å². The number of carbonyl (C=O) groups excluding carboxylic acids is 1. The van der Waals surface area contributed by atoms with E-state index in [0.717, 1.165) is 17.6 Å². The van der Waals surface area contributed by atoms with Crippen molar-refractivity contribution in [2.24, 2.45) is 0 Å². The number of pyridine rings is 1. The second-order valence-electron chi connectivity index (χ2n) is 8.79. The Morgan fingerprint density at radius 3 is 2.72 bits per heavy atom. The number of unbranched alkanes of at least 4 members (excludes halogenated alkanes) is 2. The molecule has 0 saturated heterocycles. The highest BCUT2D eigenvalue weighted by Crippen LogP contribution is 2.40. The summed E-state index contributed by atoms with van der Waals surface area (Å²) in [5.74, 6) is -0.237. The number of aromatic nitrogens is 2. The second kappa shape index (κ2) is 12.3. The molecule has 1 aliphatic carbocycles. The van der Waals surface area contributed by atoms with Crippen LogP contribution in [-0.2, 0) is 22.6 Å². The van der Waals surface area contributed by atoms with Gasteiger partial charge in [-0.25, -0.2) is 13.9 Å². The normalized spacial score (nSPS) is 11.7. The number of phosphoric ester groups is 1. The van der Waals surface area contributed by atoms with Crippen molar-refractivity contribution in [2.75, 3.05) is 11.9 Å². The van der Waals surface area contributed by atoms with E-state index >= 15 is 0 Å². The van der Waals surface area contributed by atoms with Crippen LogP contribution < -0.4 is 25.3 Å². The van der Waals surface area contributed by atoms with Crippen LogP contribution in [0.5, 0.6) is 5.75 Å². The van der Waals surface area contributed by atoms with Crippen molar-refractivity contribution in [2.45, 2.75) is 38.9 Å². The molecule has 5 N–H and O–H groups in total. The smallest absolute Gasteiger partial charge is 0.446 e. The van der Waals surface area contributed by atoms with Gasteiger partial charge in [0.2, 0.25) is 17.7 Å². The van der Waals surface area contributed by atoms with Crippen LogP contribution in [0, 0.1) is 0 Å². The fourth-order valence-electron chi connectivity index (χ4n) is 3.92. The number of hydrogen-bond acceptors (Lipinski definition) is 8. The van der Waals surface area contributed by atoms with Gasteiger partial charge in [-0.3, -0.25) is 24.6 Å². The van der Waals surface area contributed by atoms with Crippen LogP contribution in [0.3, 0.4) is 0 Å². The molecule has 0 atom stereocenters. The van der Waals surface area contributed by atoms with E-state index in [9.17, 15) is 23.8 Å². The predicted molar refractivity (Wildman–Crippen MR) is 137 cm³/mol. The van der Waals surface area contributed by atoms with E-state index in [4.69, 9.17) is 14.2 Å². The van der Waals surface area contributed by atoms with E-state index in [1.165, 1.54) is 36.7 Å². The third kappa shape index (κ3) is 7.80. The van der Waals surface area contributed by atoms with Crippen molar-refractivity contribution < 1.29 is 42.4 Å². The molecule has 0 saturated carbocycles. The Bertz CT molecular complexity index is 1560. The van der Waals surface area contributed by atoms with Gasteiger partial charge in [0.25, 0.3) is 6.20 Å². The molecule has 1 aromatic carbocycles. The maximum atomic E-state index is 13.2. The number of nitrogens with one attached hydrogen (secondary N) is 2. The van der Waals surface area contributed by atoms with Gasteiger partial charge >= 0.3 is 7.82 Å². The molecule has 0 unspecified atom stereocenters. The molecule has 1 aliphatic heterocycles. The Labute approximate surface area is 221 Å². The number of amides is 1. The predicted octanol–water partition coefficient (Wildman–Crippen LogP) is 3.05. The number of phosphoric acid groups is 1. The molecule has 1 aromatic heterocycles. The zero-order valence-corrected chi connectivity index (χ0v) is 21.6. The van der Waals surface area contributed by atoms with E-state index in [1.807, 2.05) is 0 Å². The Morgan fingerprint density at radius 2 is 1.95 bits per heavy atom. The number of hydrogen-bond donors (Lipinski definition) is 5. The van der Waals surface area contributed by atoms with E-state index < -0.39 is 14.5 Å². The molecule has 0 bridgehead atoms. The lowest BCUT2D eigenvalue weighted by atomic mass is 10.1. The average Bonchev–Trinajstić information content (AvgIpc) is 2.87. The zero-order valence-electron chi connectivity index (χ0n) is 20.7. The van der Waals surface area contributed by atoms with Crippen molar-refractivity contribution in [3.05, 3.63) is 70.1 Å². The van der Waals surface area contributed by atoms with Crippen LogP contribution in [-0.4, -0.2) is 32.4 Å². The lowest BCUT2D eigenvalue weighted by Gasteiger charge is -2.12. The van der Waals surface area contributed by atoms with Crippen LogP contribution in [0.4, 0.5) is 10.1 Å². The molecule has 2 heterocycles. The fraction of sp³-hybridized carbons (Fsp3) is 0.280. The largest absolute Gasteiger partial charge is 0.524 e. The summed E-state index contributed by atoms with van der Waals surface area (Å²) in [7, 11) is -4.83. The Hall–Kier alpha value is -3.90. The van der Waals surface area contributed by atoms with Gasteiger partial charge in [0.05, 0.1) is 0 Å². The second-order valence-corrected chi connectivity index (χ2v) is 9.95. The molecule has 4 rings (SSSR count). The third-order valence-electron chi connectivity index (χ3n) is 5.77. The van der Waals surface area contributed by atoms with E-state index in [-0.39, 0.29) is 29.1 Å². The minimum Gasteiger partial charge on any atom is -0.446 e. The standard InChI is InChI=1S/C25H26FN4O8P/c26-13-16-10-18(5-6-22(16)38-39(34,35)36)28-25(32)4-2-1-3-8-27-14-17-11-20-23(12-21(17)31)37-24-15-30(33)9-7-19(24)29-20/h5-7,9-12,15,27H,1-4,8,13-14H2,(H3-,28,31,32,33,34,35,36)/p+1. The minimum atomic E-state index is -4.83. The maximum Gasteiger partial charge on any atom is 0.524 e. The van der Waals surface area contributed by atoms with Gasteiger partial charge in [-0.05, 0) is 43.7 Å². The molecule has 12 nitrogen and oxygen atoms in total. The number of halogens is 1. The Balaban J connectivity index is 1.20. The molecule has 2 aromatic rings. The minimum absolute atomic E-state index is 0.0900. The highest BCUT2D eigenvalue weighted by molar-refractivity contribution is 7.46. The molecule has 14 heteroatoms. The van der Waals surface area contributed by atoms with Crippen LogP contribution in [0.2, 0.25) is 0 Å². The third-order valence-corrected chi connectivity index (χ3v) is 6.20. The molecule has 0 spiro atoms. The van der Waals surface area contributed by atoms with Crippen molar-refractivity contribution in [3.63, 3.8) is 0 Å². The number of nitrogens with zero attached hydrogens (tertiary/aromatic N) is 2. The van der Waals surface area contributed by atoms with Gasteiger partial charge in [-0.1, -0.05) is 6.42 Å². The lowest BCUT2D eigenvalue weighted by molar-refractivity contribution is -0.904. The van der Waals surface area contributed by atoms with Gasteiger partial charge in [0, 0.05) is 46.6 Å². The van der Waals surface area contributed by atoms with Gasteiger partial charge in [0.1, 0.15) is 23.6 Å². The molecule has 206 valence electrons. The van der Waals surface area contributed by atoms with Crippen LogP contribution in [0.25, 0.3) is 22.6 Å². The van der Waals surface area contributed by atoms with E-state index in [1.54, 1.807) is 12.1 Å². The number of rotatable bonds is 12. The van der Waals surface area contributed by atoms with Gasteiger partial charge in [-0.15, -0.1) is 0 Å². The Kier molecular flexibility index (Phi) is 8.87. The molecular formula is C25H27FN4O8P+. The van der Waals surface area contributed by atoms with Crippen LogP contribution >= 0.6 is 7.82 Å². The number of alkyl halides is 1. The number of benzene rings is 2. The maximum absolute atomic E-state index is 13.2. The zero-order chi connectivity index (χ0) is 28.0. The Morgan fingerprint density at radius 1 is 1.13 bits per heavy atom. The monoisotopic (exact) mass is 561 g/mol. The first kappa shape index (κ1) is 28.1. The van der Waals surface area contributed by atoms with Crippen molar-refractivity contribution in [1.82, 2.24) is 10.3 Å². The number of anilines is 1. The average molecular weight is 561 g/mol. The molecule has 2 aliphatic rings. The van der Waals surface area contributed by atoms with E-state index in [0.29, 0.717) is 53.3 Å². The summed E-state index contributed by atoms with van der Waals surface area (Å²) < 4.78 is 35.2. The highest BCUT2D eigenvalue weighted by atomic mass is 31.2. The SMILES string of the molecule is O=C(CCCCCNCc1cc2nc3cc[n+](O)cc3oc-2cc1=O)Nc1ccc(OP(=O)(O)O)c(CF)c1. The van der Waals surface area contributed by atoms with Gasteiger partial charge in [0.15, 0.2) is 11.2 Å². The lowest BCUT2D eigenvalue weighted by Crippen LogP contribution is -2.28. The van der Waals surface area contributed by atoms with Crippen molar-refractivity contribution in [1.29, 1.82) is 0 Å². The van der Waals surface area contributed by atoms with Crippen molar-refractivity contribution >= 4 is 30.5 Å². The summed E-state index contributed by atoms with van der Waals surface area (Å²) in [5.41, 5.74) is 1.98. The summed E-state index contributed by atoms with van der Waals surface area (Å²) >= 11 is 0. The summed E-state index contributed by atoms with van der Waals surface area (Å²) in [5, 5.41) is 15.4. The van der Waals surface area contributed by atoms with Gasteiger partial charge in [-0.2, -0.15) is 0 Å². The summed E-state index contributed by atoms with van der Waals surface area (Å²) in [6.45, 7) is -0.0441. The number of carbonyl (C=O) groups is 1. The molecule has 1 amide bonds. The summed E-state index contributed by atoms with van der Waals surface area (Å²) in [4.78, 5) is 46.9. The van der Waals surface area contributed by atoms with Crippen LogP contribution in [0.1, 0.15) is 36.8 Å². The van der Waals surface area contributed by atoms with Crippen molar-refractivity contribution in [3.8, 4) is 17.2 Å². The quantitative estimate of drug-likeness (QED) is 0.0568. The van der Waals surface area contributed by atoms with Gasteiger partial charge < -0.3 is 19.6 Å². The topological polar surface area (TPSA) is 175 Å². The molecule has 0 fully saturated rings. The first-order valence-corrected chi connectivity index (χ1v) is 13.6. The fourth-order valence-corrected chi connectivity index (χ4v) is 4.35. The molecule has 39 heavy (non-hydrogen) atoms. The highest BCUT2D eigenvalue weighted by Gasteiger charge is 2.19. The summed E-state index contributed by atoms with van der Waals surface area (Å²) in [6.07, 6.45) is 5.16. The number of fused-ring (bicyclic) bond motifs is 2. The van der Waals surface area contributed by atoms with E-state index in [2.05, 4.69) is 20.1 Å².